The number of aliphatic hydroxyl groups excluding tert-OH is 3. The first kappa shape index (κ1) is 38.0. The fourth-order valence-corrected chi connectivity index (χ4v) is 6.54. The van der Waals surface area contributed by atoms with Crippen molar-refractivity contribution >= 4 is 11.6 Å². The van der Waals surface area contributed by atoms with Gasteiger partial charge in [-0.1, -0.05) is 41.9 Å². The first-order chi connectivity index (χ1) is 24.7. The average molecular weight is 715 g/mol. The standard InChI is InChI=1S/C40H47ClN4O6/c1-27-31(7-4-8-35(27)36-9-5-10-38(28(36)2)49-14-6-12-45-13-11-34(48)22-45)26-51-40-17-39(50-25-30-15-29(18-42)19-43-20-30)32(16-37(40)41)21-44(3)33(23-46)24-47/h4-5,7-10,15-17,19-20,33-34,46-48H,6,11-14,21-26H2,1-3H3/t34-/m1/s1. The molecule has 0 radical (unpaired) electrons. The fourth-order valence-electron chi connectivity index (χ4n) is 6.30. The van der Waals surface area contributed by atoms with Gasteiger partial charge in [-0.15, -0.1) is 0 Å². The van der Waals surface area contributed by atoms with Crippen LogP contribution < -0.4 is 14.2 Å². The number of β-amino-alcohol motifs (C(OH)–C–C–N with tert-alkyl or cyclic N) is 1. The molecule has 0 saturated carbocycles. The van der Waals surface area contributed by atoms with Crippen LogP contribution in [0.25, 0.3) is 11.1 Å². The van der Waals surface area contributed by atoms with E-state index in [9.17, 15) is 20.6 Å². The maximum Gasteiger partial charge on any atom is 0.142 e. The number of likely N-dealkylation sites (N-methyl/N-ethyl adjacent to an activating group) is 1. The van der Waals surface area contributed by atoms with Gasteiger partial charge in [-0.25, -0.2) is 0 Å². The van der Waals surface area contributed by atoms with Gasteiger partial charge in [0.2, 0.25) is 0 Å². The summed E-state index contributed by atoms with van der Waals surface area (Å²) in [6, 6.07) is 19.2. The number of nitriles is 1. The van der Waals surface area contributed by atoms with E-state index in [1.54, 1.807) is 31.4 Å². The maximum atomic E-state index is 9.79. The molecular formula is C40H47ClN4O6. The normalized spacial score (nSPS) is 14.6. The van der Waals surface area contributed by atoms with Gasteiger partial charge in [0.15, 0.2) is 0 Å². The van der Waals surface area contributed by atoms with Gasteiger partial charge >= 0.3 is 0 Å². The van der Waals surface area contributed by atoms with Crippen LogP contribution in [0.15, 0.2) is 67.0 Å². The Hall–Kier alpha value is -4.21. The van der Waals surface area contributed by atoms with E-state index in [-0.39, 0.29) is 32.5 Å². The van der Waals surface area contributed by atoms with Crippen LogP contribution in [-0.2, 0) is 19.8 Å². The minimum Gasteiger partial charge on any atom is -0.493 e. The molecule has 1 fully saturated rings. The molecule has 0 aliphatic carbocycles. The van der Waals surface area contributed by atoms with E-state index in [1.165, 1.54) is 6.20 Å². The van der Waals surface area contributed by atoms with Gasteiger partial charge in [0.05, 0.1) is 42.6 Å². The van der Waals surface area contributed by atoms with E-state index in [0.717, 1.165) is 77.2 Å². The Balaban J connectivity index is 1.31. The Morgan fingerprint density at radius 3 is 2.41 bits per heavy atom. The van der Waals surface area contributed by atoms with Gasteiger partial charge < -0.3 is 34.4 Å². The number of benzene rings is 3. The van der Waals surface area contributed by atoms with Crippen molar-refractivity contribution in [1.82, 2.24) is 14.8 Å². The van der Waals surface area contributed by atoms with Crippen molar-refractivity contribution in [2.75, 3.05) is 46.5 Å². The summed E-state index contributed by atoms with van der Waals surface area (Å²) in [4.78, 5) is 8.24. The predicted octanol–water partition coefficient (Wildman–Crippen LogP) is 5.67. The molecule has 1 aromatic heterocycles. The molecule has 0 unspecified atom stereocenters. The van der Waals surface area contributed by atoms with Crippen molar-refractivity contribution in [2.24, 2.45) is 0 Å². The van der Waals surface area contributed by atoms with E-state index >= 15 is 0 Å². The molecule has 1 atom stereocenters. The number of pyridine rings is 1. The lowest BCUT2D eigenvalue weighted by Gasteiger charge is -2.26. The smallest absolute Gasteiger partial charge is 0.142 e. The minimum absolute atomic E-state index is 0.162. The number of hydrogen-bond donors (Lipinski definition) is 3. The lowest BCUT2D eigenvalue weighted by atomic mass is 9.93. The molecule has 3 aromatic carbocycles. The summed E-state index contributed by atoms with van der Waals surface area (Å²) in [6.45, 7) is 7.75. The summed E-state index contributed by atoms with van der Waals surface area (Å²) in [5.74, 6) is 1.83. The highest BCUT2D eigenvalue weighted by atomic mass is 35.5. The summed E-state index contributed by atoms with van der Waals surface area (Å²) in [7, 11) is 1.81. The van der Waals surface area contributed by atoms with Gasteiger partial charge in [-0.05, 0) is 79.8 Å². The second kappa shape index (κ2) is 18.3. The quantitative estimate of drug-likeness (QED) is 0.118. The number of hydrogen-bond acceptors (Lipinski definition) is 10. The van der Waals surface area contributed by atoms with Crippen LogP contribution in [0.3, 0.4) is 0 Å². The highest BCUT2D eigenvalue weighted by Crippen LogP contribution is 2.37. The zero-order chi connectivity index (χ0) is 36.3. The molecule has 0 spiro atoms. The first-order valence-electron chi connectivity index (χ1n) is 17.3. The number of ether oxygens (including phenoxy) is 3. The monoisotopic (exact) mass is 714 g/mol. The van der Waals surface area contributed by atoms with E-state index < -0.39 is 6.04 Å². The van der Waals surface area contributed by atoms with Crippen molar-refractivity contribution in [3.05, 3.63) is 105 Å². The molecule has 3 N–H and O–H groups in total. The molecule has 4 aromatic rings. The fraction of sp³-hybridized carbons (Fsp3) is 0.400. The number of rotatable bonds is 17. The van der Waals surface area contributed by atoms with Gasteiger partial charge in [-0.2, -0.15) is 5.26 Å². The molecule has 270 valence electrons. The lowest BCUT2D eigenvalue weighted by Crippen LogP contribution is -2.37. The molecule has 1 aliphatic rings. The highest BCUT2D eigenvalue weighted by molar-refractivity contribution is 6.32. The molecule has 2 heterocycles. The minimum atomic E-state index is -0.453. The van der Waals surface area contributed by atoms with Crippen molar-refractivity contribution in [1.29, 1.82) is 5.26 Å². The molecule has 0 bridgehead atoms. The van der Waals surface area contributed by atoms with Crippen LogP contribution in [0, 0.1) is 25.2 Å². The van der Waals surface area contributed by atoms with Crippen LogP contribution in [0.2, 0.25) is 5.02 Å². The topological polar surface area (TPSA) is 132 Å². The van der Waals surface area contributed by atoms with Crippen LogP contribution in [-0.4, -0.2) is 88.8 Å². The van der Waals surface area contributed by atoms with E-state index in [0.29, 0.717) is 35.2 Å². The molecule has 1 aliphatic heterocycles. The van der Waals surface area contributed by atoms with Crippen molar-refractivity contribution in [3.8, 4) is 34.4 Å². The molecule has 0 amide bonds. The first-order valence-corrected chi connectivity index (χ1v) is 17.6. The summed E-state index contributed by atoms with van der Waals surface area (Å²) < 4.78 is 18.8. The number of halogens is 1. The van der Waals surface area contributed by atoms with Crippen LogP contribution in [0.4, 0.5) is 0 Å². The molecule has 1 saturated heterocycles. The molecule has 10 nitrogen and oxygen atoms in total. The molecule has 5 rings (SSSR count). The summed E-state index contributed by atoms with van der Waals surface area (Å²) >= 11 is 6.78. The van der Waals surface area contributed by atoms with Crippen molar-refractivity contribution < 1.29 is 29.5 Å². The summed E-state index contributed by atoms with van der Waals surface area (Å²) in [5.41, 5.74) is 7.26. The maximum absolute atomic E-state index is 9.79. The zero-order valence-electron chi connectivity index (χ0n) is 29.5. The third-order valence-electron chi connectivity index (χ3n) is 9.43. The van der Waals surface area contributed by atoms with E-state index in [2.05, 4.69) is 41.9 Å². The van der Waals surface area contributed by atoms with Crippen molar-refractivity contribution in [3.63, 3.8) is 0 Å². The van der Waals surface area contributed by atoms with E-state index in [4.69, 9.17) is 25.8 Å². The highest BCUT2D eigenvalue weighted by Gasteiger charge is 2.20. The van der Waals surface area contributed by atoms with Crippen LogP contribution in [0.1, 0.15) is 46.2 Å². The van der Waals surface area contributed by atoms with Crippen LogP contribution in [0.5, 0.6) is 17.2 Å². The zero-order valence-corrected chi connectivity index (χ0v) is 30.3. The second-order valence-corrected chi connectivity index (χ2v) is 13.5. The van der Waals surface area contributed by atoms with Gasteiger partial charge in [0.25, 0.3) is 0 Å². The Morgan fingerprint density at radius 1 is 0.941 bits per heavy atom. The predicted molar refractivity (Wildman–Crippen MR) is 197 cm³/mol. The molecule has 51 heavy (non-hydrogen) atoms. The van der Waals surface area contributed by atoms with Gasteiger partial charge in [-0.3, -0.25) is 9.88 Å². The lowest BCUT2D eigenvalue weighted by molar-refractivity contribution is 0.0866. The number of aromatic nitrogens is 1. The third-order valence-corrected chi connectivity index (χ3v) is 9.72. The Morgan fingerprint density at radius 2 is 1.69 bits per heavy atom. The SMILES string of the molecule is Cc1c(COc2cc(OCc3cncc(C#N)c3)c(CN(C)C(CO)CO)cc2Cl)cccc1-c1cccc(OCCCN2CC[C@@H](O)C2)c1C. The van der Waals surface area contributed by atoms with Gasteiger partial charge in [0, 0.05) is 55.8 Å². The largest absolute Gasteiger partial charge is 0.493 e. The Labute approximate surface area is 305 Å². The van der Waals surface area contributed by atoms with Crippen LogP contribution >= 0.6 is 11.6 Å². The molecule has 11 heteroatoms. The number of nitrogens with zero attached hydrogens (tertiary/aromatic N) is 4. The number of aliphatic hydroxyl groups is 3. The van der Waals surface area contributed by atoms with E-state index in [1.807, 2.05) is 29.2 Å². The summed E-state index contributed by atoms with van der Waals surface area (Å²) in [5, 5.41) is 38.9. The molecular weight excluding hydrogens is 668 g/mol. The summed E-state index contributed by atoms with van der Waals surface area (Å²) in [6.07, 6.45) is 4.67. The van der Waals surface area contributed by atoms with Crippen molar-refractivity contribution in [2.45, 2.75) is 58.6 Å². The Bertz CT molecular complexity index is 1810. The average Bonchev–Trinajstić information content (AvgIpc) is 3.55. The Kier molecular flexibility index (Phi) is 13.7. The van der Waals surface area contributed by atoms with Gasteiger partial charge in [0.1, 0.15) is 36.5 Å². The number of likely N-dealkylation sites (tertiary alicyclic amines) is 1. The second-order valence-electron chi connectivity index (χ2n) is 13.1. The third kappa shape index (κ3) is 9.98.